The van der Waals surface area contributed by atoms with Crippen molar-refractivity contribution < 1.29 is 4.74 Å². The van der Waals surface area contributed by atoms with Crippen LogP contribution in [0.5, 0.6) is 0 Å². The summed E-state index contributed by atoms with van der Waals surface area (Å²) >= 11 is 0. The maximum absolute atomic E-state index is 5.65. The zero-order valence-electron chi connectivity index (χ0n) is 14.0. The summed E-state index contributed by atoms with van der Waals surface area (Å²) in [5.41, 5.74) is 5.53. The van der Waals surface area contributed by atoms with Crippen LogP contribution in [0.15, 0.2) is 12.1 Å². The Morgan fingerprint density at radius 3 is 2.15 bits per heavy atom. The van der Waals surface area contributed by atoms with E-state index in [1.807, 2.05) is 0 Å². The first-order chi connectivity index (χ1) is 9.41. The normalized spacial score (nSPS) is 12.9. The number of hydrogen-bond acceptors (Lipinski definition) is 2. The average Bonchev–Trinajstić information content (AvgIpc) is 2.31. The van der Waals surface area contributed by atoms with E-state index in [4.69, 9.17) is 4.74 Å². The van der Waals surface area contributed by atoms with Crippen molar-refractivity contribution in [1.82, 2.24) is 5.32 Å². The summed E-state index contributed by atoms with van der Waals surface area (Å²) < 4.78 is 5.65. The Hall–Kier alpha value is -0.860. The van der Waals surface area contributed by atoms with Gasteiger partial charge in [-0.3, -0.25) is 0 Å². The van der Waals surface area contributed by atoms with Gasteiger partial charge in [-0.25, -0.2) is 0 Å². The van der Waals surface area contributed by atoms with Gasteiger partial charge in [0.25, 0.3) is 0 Å². The molecule has 1 aromatic carbocycles. The van der Waals surface area contributed by atoms with Crippen LogP contribution in [0.4, 0.5) is 0 Å². The third-order valence-electron chi connectivity index (χ3n) is 3.71. The van der Waals surface area contributed by atoms with Crippen LogP contribution >= 0.6 is 0 Å². The molecule has 0 fully saturated rings. The van der Waals surface area contributed by atoms with Crippen molar-refractivity contribution in [2.45, 2.75) is 54.0 Å². The minimum Gasteiger partial charge on any atom is -0.380 e. The van der Waals surface area contributed by atoms with Crippen LogP contribution in [0.2, 0.25) is 0 Å². The molecule has 0 aliphatic heterocycles. The van der Waals surface area contributed by atoms with E-state index in [1.54, 1.807) is 0 Å². The van der Waals surface area contributed by atoms with Gasteiger partial charge in [-0.2, -0.15) is 0 Å². The van der Waals surface area contributed by atoms with Gasteiger partial charge in [0.1, 0.15) is 0 Å². The van der Waals surface area contributed by atoms with Gasteiger partial charge in [0, 0.05) is 19.2 Å². The Kier molecular flexibility index (Phi) is 7.25. The molecule has 0 aliphatic carbocycles. The first-order valence-corrected chi connectivity index (χ1v) is 7.80. The maximum atomic E-state index is 5.65. The van der Waals surface area contributed by atoms with Gasteiger partial charge >= 0.3 is 0 Å². The highest BCUT2D eigenvalue weighted by Crippen LogP contribution is 2.23. The Balaban J connectivity index is 2.38. The minimum absolute atomic E-state index is 0.379. The SMILES string of the molecule is Cc1cc(C)c(C(C)NCCOCCC(C)C)c(C)c1. The first kappa shape index (κ1) is 17.2. The molecular formula is C18H31NO. The van der Waals surface area contributed by atoms with Crippen molar-refractivity contribution in [2.24, 2.45) is 5.92 Å². The van der Waals surface area contributed by atoms with Crippen molar-refractivity contribution in [3.8, 4) is 0 Å². The Morgan fingerprint density at radius 2 is 1.60 bits per heavy atom. The number of benzene rings is 1. The second kappa shape index (κ2) is 8.43. The second-order valence-electron chi connectivity index (χ2n) is 6.28. The van der Waals surface area contributed by atoms with Crippen molar-refractivity contribution >= 4 is 0 Å². The molecule has 0 saturated heterocycles. The van der Waals surface area contributed by atoms with Crippen molar-refractivity contribution in [3.05, 3.63) is 34.4 Å². The van der Waals surface area contributed by atoms with Crippen LogP contribution in [0.25, 0.3) is 0 Å². The molecule has 0 amide bonds. The van der Waals surface area contributed by atoms with Gasteiger partial charge in [0.15, 0.2) is 0 Å². The molecule has 0 saturated carbocycles. The molecular weight excluding hydrogens is 246 g/mol. The number of aryl methyl sites for hydroxylation is 3. The number of hydrogen-bond donors (Lipinski definition) is 1. The van der Waals surface area contributed by atoms with Gasteiger partial charge in [-0.1, -0.05) is 31.5 Å². The molecule has 114 valence electrons. The van der Waals surface area contributed by atoms with E-state index in [0.29, 0.717) is 6.04 Å². The average molecular weight is 277 g/mol. The standard InChI is InChI=1S/C18H31NO/c1-13(2)7-9-20-10-8-19-17(6)18-15(4)11-14(3)12-16(18)5/h11-13,17,19H,7-10H2,1-6H3. The third kappa shape index (κ3) is 5.64. The molecule has 1 rings (SSSR count). The minimum atomic E-state index is 0.379. The van der Waals surface area contributed by atoms with E-state index < -0.39 is 0 Å². The summed E-state index contributed by atoms with van der Waals surface area (Å²) in [6, 6.07) is 4.91. The van der Waals surface area contributed by atoms with Gasteiger partial charge in [0.05, 0.1) is 6.61 Å². The van der Waals surface area contributed by atoms with E-state index in [1.165, 1.54) is 22.3 Å². The molecule has 0 radical (unpaired) electrons. The maximum Gasteiger partial charge on any atom is 0.0591 e. The Morgan fingerprint density at radius 1 is 1.00 bits per heavy atom. The van der Waals surface area contributed by atoms with Crippen LogP contribution in [0.3, 0.4) is 0 Å². The van der Waals surface area contributed by atoms with Crippen LogP contribution in [0, 0.1) is 26.7 Å². The van der Waals surface area contributed by atoms with E-state index in [0.717, 1.165) is 32.1 Å². The van der Waals surface area contributed by atoms with Gasteiger partial charge in [-0.15, -0.1) is 0 Å². The first-order valence-electron chi connectivity index (χ1n) is 7.80. The lowest BCUT2D eigenvalue weighted by molar-refractivity contribution is 0.123. The fourth-order valence-corrected chi connectivity index (χ4v) is 2.74. The number of nitrogens with one attached hydrogen (secondary N) is 1. The highest BCUT2D eigenvalue weighted by molar-refractivity contribution is 5.39. The summed E-state index contributed by atoms with van der Waals surface area (Å²) in [5, 5.41) is 3.56. The van der Waals surface area contributed by atoms with E-state index in [9.17, 15) is 0 Å². The summed E-state index contributed by atoms with van der Waals surface area (Å²) in [6.45, 7) is 15.8. The lowest BCUT2D eigenvalue weighted by Gasteiger charge is -2.20. The van der Waals surface area contributed by atoms with Crippen LogP contribution in [-0.4, -0.2) is 19.8 Å². The molecule has 1 N–H and O–H groups in total. The van der Waals surface area contributed by atoms with Crippen LogP contribution in [-0.2, 0) is 4.74 Å². The third-order valence-corrected chi connectivity index (χ3v) is 3.71. The Bertz CT molecular complexity index is 389. The van der Waals surface area contributed by atoms with Crippen molar-refractivity contribution in [1.29, 1.82) is 0 Å². The highest BCUT2D eigenvalue weighted by Gasteiger charge is 2.11. The van der Waals surface area contributed by atoms with E-state index in [-0.39, 0.29) is 0 Å². The molecule has 0 heterocycles. The van der Waals surface area contributed by atoms with Crippen molar-refractivity contribution in [3.63, 3.8) is 0 Å². The van der Waals surface area contributed by atoms with Crippen molar-refractivity contribution in [2.75, 3.05) is 19.8 Å². The molecule has 1 unspecified atom stereocenters. The molecule has 1 aromatic rings. The van der Waals surface area contributed by atoms with Crippen LogP contribution in [0.1, 0.15) is 55.5 Å². The number of rotatable bonds is 8. The van der Waals surface area contributed by atoms with Crippen LogP contribution < -0.4 is 5.32 Å². The summed E-state index contributed by atoms with van der Waals surface area (Å²) in [5.74, 6) is 0.722. The largest absolute Gasteiger partial charge is 0.380 e. The molecule has 2 heteroatoms. The predicted octanol–water partition coefficient (Wildman–Crippen LogP) is 4.33. The topological polar surface area (TPSA) is 21.3 Å². The van der Waals surface area contributed by atoms with E-state index in [2.05, 4.69) is 59.0 Å². The van der Waals surface area contributed by atoms with Gasteiger partial charge in [0.2, 0.25) is 0 Å². The summed E-state index contributed by atoms with van der Waals surface area (Å²) in [4.78, 5) is 0. The second-order valence-corrected chi connectivity index (χ2v) is 6.28. The Labute approximate surface area is 124 Å². The zero-order valence-corrected chi connectivity index (χ0v) is 14.0. The molecule has 0 aliphatic rings. The predicted molar refractivity (Wildman–Crippen MR) is 87.3 cm³/mol. The van der Waals surface area contributed by atoms with Gasteiger partial charge in [-0.05, 0) is 56.7 Å². The summed E-state index contributed by atoms with van der Waals surface area (Å²) in [6.07, 6.45) is 1.14. The molecule has 0 spiro atoms. The quantitative estimate of drug-likeness (QED) is 0.714. The lowest BCUT2D eigenvalue weighted by Crippen LogP contribution is -2.24. The molecule has 0 aromatic heterocycles. The lowest BCUT2D eigenvalue weighted by atomic mass is 9.95. The fraction of sp³-hybridized carbons (Fsp3) is 0.667. The fourth-order valence-electron chi connectivity index (χ4n) is 2.74. The van der Waals surface area contributed by atoms with E-state index >= 15 is 0 Å². The molecule has 0 bridgehead atoms. The number of ether oxygens (including phenoxy) is 1. The zero-order chi connectivity index (χ0) is 15.1. The highest BCUT2D eigenvalue weighted by atomic mass is 16.5. The molecule has 20 heavy (non-hydrogen) atoms. The molecule has 1 atom stereocenters. The van der Waals surface area contributed by atoms with Gasteiger partial charge < -0.3 is 10.1 Å². The molecule has 2 nitrogen and oxygen atoms in total. The monoisotopic (exact) mass is 277 g/mol. The smallest absolute Gasteiger partial charge is 0.0591 e. The summed E-state index contributed by atoms with van der Waals surface area (Å²) in [7, 11) is 0.